The van der Waals surface area contributed by atoms with E-state index in [0.29, 0.717) is 0 Å². The summed E-state index contributed by atoms with van der Waals surface area (Å²) in [4.78, 5) is 0. The van der Waals surface area contributed by atoms with E-state index in [1.165, 1.54) is 23.6 Å². The maximum Gasteiger partial charge on any atom is 0.228 e. The predicted octanol–water partition coefficient (Wildman–Crippen LogP) is 2.03. The Balaban J connectivity index is 2.53. The predicted molar refractivity (Wildman–Crippen MR) is 59.1 cm³/mol. The van der Waals surface area contributed by atoms with Crippen LogP contribution < -0.4 is 0 Å². The Kier molecular flexibility index (Phi) is 4.12. The Morgan fingerprint density at radius 2 is 2.33 bits per heavy atom. The molecule has 3 heteroatoms. The molecule has 0 saturated carbocycles. The Morgan fingerprint density at radius 1 is 1.58 bits per heavy atom. The molecule has 0 aromatic rings. The molecule has 0 saturated heterocycles. The molecule has 0 radical (unpaired) electrons. The van der Waals surface area contributed by atoms with Crippen molar-refractivity contribution in [2.75, 3.05) is 12.9 Å². The number of hydrogen-bond acceptors (Lipinski definition) is 2. The van der Waals surface area contributed by atoms with Crippen molar-refractivity contribution in [2.45, 2.75) is 19.8 Å². The summed E-state index contributed by atoms with van der Waals surface area (Å²) in [6.45, 7) is 2.20. The number of hydrogen-bond donors (Lipinski definition) is 1. The van der Waals surface area contributed by atoms with Crippen LogP contribution in [0.4, 0.5) is 0 Å². The lowest BCUT2D eigenvalue weighted by Crippen LogP contribution is -2.12. The van der Waals surface area contributed by atoms with Crippen LogP contribution in [0, 0.1) is 0 Å². The molecule has 1 aliphatic rings. The third-order valence-electron chi connectivity index (χ3n) is 2.26. The van der Waals surface area contributed by atoms with Gasteiger partial charge in [0.1, 0.15) is 0 Å². The van der Waals surface area contributed by atoms with Crippen molar-refractivity contribution in [1.82, 2.24) is 0 Å². The first-order chi connectivity index (χ1) is 5.79. The average Bonchev–Trinajstić information content (AvgIpc) is 2.43. The quantitative estimate of drug-likeness (QED) is 0.540. The van der Waals surface area contributed by atoms with E-state index in [1.54, 1.807) is 0 Å². The zero-order valence-corrected chi connectivity index (χ0v) is 9.76. The van der Waals surface area contributed by atoms with Crippen molar-refractivity contribution in [3.63, 3.8) is 0 Å². The SMILES string of the molecule is CO[SiH]1C=CC(CCCS)=C1C. The normalized spacial score (nSPS) is 22.4. The minimum atomic E-state index is -1.08. The summed E-state index contributed by atoms with van der Waals surface area (Å²) in [6.07, 6.45) is 4.57. The molecule has 0 aliphatic carbocycles. The molecule has 12 heavy (non-hydrogen) atoms. The second kappa shape index (κ2) is 4.89. The highest BCUT2D eigenvalue weighted by Crippen LogP contribution is 2.22. The summed E-state index contributed by atoms with van der Waals surface area (Å²) in [5, 5.41) is 1.50. The first-order valence-electron chi connectivity index (χ1n) is 4.31. The van der Waals surface area contributed by atoms with Gasteiger partial charge >= 0.3 is 0 Å². The van der Waals surface area contributed by atoms with E-state index in [-0.39, 0.29) is 0 Å². The van der Waals surface area contributed by atoms with Crippen molar-refractivity contribution in [3.8, 4) is 0 Å². The molecule has 0 N–H and O–H groups in total. The van der Waals surface area contributed by atoms with Crippen LogP contribution in [0.1, 0.15) is 19.8 Å². The van der Waals surface area contributed by atoms with Gasteiger partial charge in [0.15, 0.2) is 0 Å². The van der Waals surface area contributed by atoms with Crippen molar-refractivity contribution < 1.29 is 4.43 Å². The minimum absolute atomic E-state index is 0.976. The molecule has 1 unspecified atom stereocenters. The molecule has 0 aromatic heterocycles. The van der Waals surface area contributed by atoms with Crippen LogP contribution in [-0.2, 0) is 4.43 Å². The molecule has 1 nitrogen and oxygen atoms in total. The monoisotopic (exact) mass is 200 g/mol. The van der Waals surface area contributed by atoms with Gasteiger partial charge in [-0.15, -0.1) is 0 Å². The molecule has 0 amide bonds. The highest BCUT2D eigenvalue weighted by Gasteiger charge is 2.17. The van der Waals surface area contributed by atoms with Gasteiger partial charge in [0.25, 0.3) is 0 Å². The molecular weight excluding hydrogens is 184 g/mol. The lowest BCUT2D eigenvalue weighted by atomic mass is 10.1. The average molecular weight is 200 g/mol. The third-order valence-corrected chi connectivity index (χ3v) is 4.85. The Hall–Kier alpha value is 0.00688. The molecule has 0 bridgehead atoms. The zero-order valence-electron chi connectivity index (χ0n) is 7.71. The van der Waals surface area contributed by atoms with Crippen LogP contribution in [0.15, 0.2) is 22.5 Å². The fraction of sp³-hybridized carbons (Fsp3) is 0.556. The van der Waals surface area contributed by atoms with Crippen LogP contribution in [-0.4, -0.2) is 21.9 Å². The van der Waals surface area contributed by atoms with Crippen LogP contribution in [0.3, 0.4) is 0 Å². The van der Waals surface area contributed by atoms with Gasteiger partial charge in [0.2, 0.25) is 9.04 Å². The van der Waals surface area contributed by atoms with E-state index in [0.717, 1.165) is 5.75 Å². The second-order valence-electron chi connectivity index (χ2n) is 3.05. The largest absolute Gasteiger partial charge is 0.415 e. The molecule has 1 rings (SSSR count). The summed E-state index contributed by atoms with van der Waals surface area (Å²) in [6, 6.07) is 0. The smallest absolute Gasteiger partial charge is 0.228 e. The second-order valence-corrected chi connectivity index (χ2v) is 6.06. The van der Waals surface area contributed by atoms with Crippen LogP contribution in [0.25, 0.3) is 0 Å². The van der Waals surface area contributed by atoms with Gasteiger partial charge in [-0.2, -0.15) is 12.6 Å². The van der Waals surface area contributed by atoms with Gasteiger partial charge in [-0.3, -0.25) is 0 Å². The molecule has 1 atom stereocenters. The van der Waals surface area contributed by atoms with Crippen LogP contribution >= 0.6 is 12.6 Å². The maximum absolute atomic E-state index is 5.41. The molecule has 0 fully saturated rings. The van der Waals surface area contributed by atoms with Gasteiger partial charge < -0.3 is 4.43 Å². The van der Waals surface area contributed by atoms with Gasteiger partial charge in [-0.1, -0.05) is 22.5 Å². The van der Waals surface area contributed by atoms with Gasteiger partial charge in [0, 0.05) is 7.11 Å². The van der Waals surface area contributed by atoms with E-state index in [1.807, 2.05) is 7.11 Å². The van der Waals surface area contributed by atoms with E-state index < -0.39 is 9.04 Å². The van der Waals surface area contributed by atoms with Crippen LogP contribution in [0.2, 0.25) is 0 Å². The summed E-state index contributed by atoms with van der Waals surface area (Å²) in [5.74, 6) is 0.976. The highest BCUT2D eigenvalue weighted by atomic mass is 32.1. The molecule has 0 spiro atoms. The number of thiol groups is 1. The first kappa shape index (κ1) is 10.1. The van der Waals surface area contributed by atoms with Gasteiger partial charge in [-0.25, -0.2) is 0 Å². The molecule has 68 valence electrons. The molecule has 1 aliphatic heterocycles. The standard InChI is InChI=1S/C9H16OSSi/c1-8-9(4-3-6-11)5-7-12(8)10-2/h5,7,11-12H,3-4,6H2,1-2H3. The minimum Gasteiger partial charge on any atom is -0.415 e. The van der Waals surface area contributed by atoms with Crippen LogP contribution in [0.5, 0.6) is 0 Å². The molecule has 0 aromatic carbocycles. The number of allylic oxidation sites excluding steroid dienone is 3. The first-order valence-corrected chi connectivity index (χ1v) is 6.66. The topological polar surface area (TPSA) is 9.23 Å². The zero-order chi connectivity index (χ0) is 8.97. The molecule has 1 heterocycles. The van der Waals surface area contributed by atoms with Gasteiger partial charge in [-0.05, 0) is 25.5 Å². The summed E-state index contributed by atoms with van der Waals surface area (Å²) < 4.78 is 5.41. The van der Waals surface area contributed by atoms with E-state index in [4.69, 9.17) is 4.43 Å². The fourth-order valence-corrected chi connectivity index (χ4v) is 3.44. The van der Waals surface area contributed by atoms with Gasteiger partial charge in [0.05, 0.1) is 0 Å². The third kappa shape index (κ3) is 2.25. The highest BCUT2D eigenvalue weighted by molar-refractivity contribution is 7.80. The van der Waals surface area contributed by atoms with Crippen molar-refractivity contribution in [1.29, 1.82) is 0 Å². The van der Waals surface area contributed by atoms with Crippen molar-refractivity contribution in [3.05, 3.63) is 22.5 Å². The Morgan fingerprint density at radius 3 is 2.83 bits per heavy atom. The maximum atomic E-state index is 5.41. The van der Waals surface area contributed by atoms with E-state index in [9.17, 15) is 0 Å². The fourth-order valence-electron chi connectivity index (χ4n) is 1.47. The van der Waals surface area contributed by atoms with E-state index >= 15 is 0 Å². The lowest BCUT2D eigenvalue weighted by Gasteiger charge is -2.06. The lowest BCUT2D eigenvalue weighted by molar-refractivity contribution is 0.435. The van der Waals surface area contributed by atoms with E-state index in [2.05, 4.69) is 31.3 Å². The summed E-state index contributed by atoms with van der Waals surface area (Å²) in [5.41, 5.74) is 3.74. The van der Waals surface area contributed by atoms with Crippen molar-refractivity contribution in [2.24, 2.45) is 0 Å². The Labute approximate surface area is 81.6 Å². The number of rotatable bonds is 4. The Bertz CT molecular complexity index is 211. The summed E-state index contributed by atoms with van der Waals surface area (Å²) in [7, 11) is 0.731. The summed E-state index contributed by atoms with van der Waals surface area (Å²) >= 11 is 4.20. The van der Waals surface area contributed by atoms with Crippen molar-refractivity contribution >= 4 is 21.7 Å². The molecular formula is C9H16OSSi.